The van der Waals surface area contributed by atoms with Crippen molar-refractivity contribution in [3.05, 3.63) is 32.6 Å². The Morgan fingerprint density at radius 1 is 1.20 bits per heavy atom. The van der Waals surface area contributed by atoms with Crippen LogP contribution in [0.25, 0.3) is 0 Å². The standard InChI is InChI=1S/C27H36N4O2S2/c1-15(2)31-24(10-16(3)30-31)29-25(34)12-18-6-9-22-20(11-18)26(27(33)28-14-17-4-5-17)23(35-22)13-21(32)19-7-8-19/h10,15,17-19H,4-9,11-14H2,1-3H3,(H,28,33)(H,29,34)/t18-/m0/s1. The van der Waals surface area contributed by atoms with Crippen LogP contribution in [0.3, 0.4) is 0 Å². The molecule has 5 rings (SSSR count). The minimum atomic E-state index is 0.0191. The first-order valence-corrected chi connectivity index (χ1v) is 14.3. The third kappa shape index (κ3) is 5.85. The topological polar surface area (TPSA) is 76.0 Å². The van der Waals surface area contributed by atoms with E-state index in [4.69, 9.17) is 12.2 Å². The highest BCUT2D eigenvalue weighted by molar-refractivity contribution is 7.80. The Morgan fingerprint density at radius 2 is 1.97 bits per heavy atom. The predicted molar refractivity (Wildman–Crippen MR) is 145 cm³/mol. The lowest BCUT2D eigenvalue weighted by Crippen LogP contribution is -2.28. The van der Waals surface area contributed by atoms with E-state index >= 15 is 0 Å². The number of thiophene rings is 1. The highest BCUT2D eigenvalue weighted by Crippen LogP contribution is 2.40. The fourth-order valence-corrected chi connectivity index (χ4v) is 6.79. The van der Waals surface area contributed by atoms with E-state index < -0.39 is 0 Å². The molecule has 2 saturated carbocycles. The summed E-state index contributed by atoms with van der Waals surface area (Å²) in [6.45, 7) is 6.97. The molecular weight excluding hydrogens is 476 g/mol. The number of carbonyl (C=O) groups is 2. The molecule has 0 bridgehead atoms. The van der Waals surface area contributed by atoms with Gasteiger partial charge in [0.2, 0.25) is 0 Å². The molecular formula is C27H36N4O2S2. The van der Waals surface area contributed by atoms with Crippen LogP contribution in [-0.2, 0) is 24.1 Å². The van der Waals surface area contributed by atoms with Gasteiger partial charge in [-0.2, -0.15) is 5.10 Å². The molecule has 1 atom stereocenters. The van der Waals surface area contributed by atoms with Gasteiger partial charge in [0.05, 0.1) is 16.2 Å². The molecule has 35 heavy (non-hydrogen) atoms. The second kappa shape index (κ2) is 10.1. The molecule has 2 heterocycles. The molecule has 0 spiro atoms. The van der Waals surface area contributed by atoms with E-state index in [0.717, 1.165) is 72.0 Å². The molecule has 0 unspecified atom stereocenters. The number of hydrogen-bond acceptors (Lipinski definition) is 5. The monoisotopic (exact) mass is 512 g/mol. The number of anilines is 1. The molecule has 2 aromatic rings. The molecule has 1 amide bonds. The fraction of sp³-hybridized carbons (Fsp3) is 0.630. The average molecular weight is 513 g/mol. The molecule has 2 fully saturated rings. The number of nitrogens with zero attached hydrogens (tertiary/aromatic N) is 2. The van der Waals surface area contributed by atoms with Crippen molar-refractivity contribution in [3.63, 3.8) is 0 Å². The summed E-state index contributed by atoms with van der Waals surface area (Å²) in [5.74, 6) is 2.50. The van der Waals surface area contributed by atoms with Crippen molar-refractivity contribution in [2.75, 3.05) is 11.9 Å². The van der Waals surface area contributed by atoms with Crippen LogP contribution in [0.2, 0.25) is 0 Å². The van der Waals surface area contributed by atoms with Gasteiger partial charge in [-0.05, 0) is 83.1 Å². The number of thiocarbonyl (C=S) groups is 1. The number of aryl methyl sites for hydroxylation is 2. The predicted octanol–water partition coefficient (Wildman–Crippen LogP) is 5.43. The summed E-state index contributed by atoms with van der Waals surface area (Å²) in [5, 5.41) is 11.2. The second-order valence-electron chi connectivity index (χ2n) is 10.9. The quantitative estimate of drug-likeness (QED) is 0.415. The Kier molecular flexibility index (Phi) is 7.13. The van der Waals surface area contributed by atoms with Crippen molar-refractivity contribution in [1.29, 1.82) is 0 Å². The van der Waals surface area contributed by atoms with Gasteiger partial charge >= 0.3 is 0 Å². The van der Waals surface area contributed by atoms with E-state index in [1.807, 2.05) is 17.7 Å². The zero-order valence-corrected chi connectivity index (χ0v) is 22.6. The molecule has 0 aromatic carbocycles. The number of rotatable bonds is 10. The van der Waals surface area contributed by atoms with Crippen LogP contribution >= 0.6 is 23.6 Å². The number of aromatic nitrogens is 2. The van der Waals surface area contributed by atoms with Crippen LogP contribution in [0.4, 0.5) is 5.82 Å². The van der Waals surface area contributed by atoms with Gasteiger partial charge in [-0.15, -0.1) is 11.3 Å². The second-order valence-corrected chi connectivity index (χ2v) is 12.6. The van der Waals surface area contributed by atoms with Crippen LogP contribution in [-0.4, -0.2) is 33.0 Å². The smallest absolute Gasteiger partial charge is 0.252 e. The maximum atomic E-state index is 13.3. The van der Waals surface area contributed by atoms with E-state index in [1.165, 1.54) is 23.3 Å². The third-order valence-electron chi connectivity index (χ3n) is 7.37. The lowest BCUT2D eigenvalue weighted by atomic mass is 9.83. The first-order chi connectivity index (χ1) is 16.8. The van der Waals surface area contributed by atoms with Gasteiger partial charge in [-0.3, -0.25) is 9.59 Å². The maximum absolute atomic E-state index is 13.3. The van der Waals surface area contributed by atoms with Gasteiger partial charge in [-0.1, -0.05) is 12.2 Å². The normalized spacial score (nSPS) is 19.5. The molecule has 188 valence electrons. The van der Waals surface area contributed by atoms with Crippen molar-refractivity contribution in [3.8, 4) is 0 Å². The SMILES string of the molecule is Cc1cc(NC(=S)C[C@H]2CCc3sc(CC(=O)C4CC4)c(C(=O)NCC4CC4)c3C2)n(C(C)C)n1. The lowest BCUT2D eigenvalue weighted by molar-refractivity contribution is -0.119. The molecule has 0 radical (unpaired) electrons. The highest BCUT2D eigenvalue weighted by Gasteiger charge is 2.34. The van der Waals surface area contributed by atoms with E-state index in [1.54, 1.807) is 11.3 Å². The van der Waals surface area contributed by atoms with Gasteiger partial charge in [-0.25, -0.2) is 4.68 Å². The largest absolute Gasteiger partial charge is 0.352 e. The molecule has 2 N–H and O–H groups in total. The molecule has 0 saturated heterocycles. The summed E-state index contributed by atoms with van der Waals surface area (Å²) in [4.78, 5) is 29.0. The Hall–Kier alpha value is -2.06. The Balaban J connectivity index is 1.30. The first kappa shape index (κ1) is 24.6. The molecule has 8 heteroatoms. The molecule has 0 aliphatic heterocycles. The molecule has 3 aliphatic rings. The third-order valence-corrected chi connectivity index (χ3v) is 8.93. The zero-order valence-electron chi connectivity index (χ0n) is 21.0. The van der Waals surface area contributed by atoms with Crippen molar-refractivity contribution in [1.82, 2.24) is 15.1 Å². The van der Waals surface area contributed by atoms with E-state index in [-0.39, 0.29) is 17.9 Å². The van der Waals surface area contributed by atoms with Crippen LogP contribution < -0.4 is 10.6 Å². The van der Waals surface area contributed by atoms with E-state index in [9.17, 15) is 9.59 Å². The lowest BCUT2D eigenvalue weighted by Gasteiger charge is -2.24. The highest BCUT2D eigenvalue weighted by atomic mass is 32.1. The number of amides is 1. The van der Waals surface area contributed by atoms with Gasteiger partial charge in [0, 0.05) is 47.2 Å². The van der Waals surface area contributed by atoms with Crippen molar-refractivity contribution >= 4 is 46.1 Å². The molecule has 2 aromatic heterocycles. The van der Waals surface area contributed by atoms with E-state index in [0.29, 0.717) is 24.0 Å². The minimum Gasteiger partial charge on any atom is -0.352 e. The fourth-order valence-electron chi connectivity index (χ4n) is 5.09. The number of hydrogen-bond donors (Lipinski definition) is 2. The Labute approximate surface area is 217 Å². The zero-order chi connectivity index (χ0) is 24.7. The summed E-state index contributed by atoms with van der Waals surface area (Å²) < 4.78 is 1.98. The number of ketones is 1. The van der Waals surface area contributed by atoms with Gasteiger partial charge in [0.25, 0.3) is 5.91 Å². The summed E-state index contributed by atoms with van der Waals surface area (Å²) in [7, 11) is 0. The van der Waals surface area contributed by atoms with Crippen LogP contribution in [0.5, 0.6) is 0 Å². The Morgan fingerprint density at radius 3 is 2.66 bits per heavy atom. The molecule has 6 nitrogen and oxygen atoms in total. The molecule has 3 aliphatic carbocycles. The average Bonchev–Trinajstić information content (AvgIpc) is 3.72. The van der Waals surface area contributed by atoms with Crippen LogP contribution in [0.15, 0.2) is 6.07 Å². The van der Waals surface area contributed by atoms with Crippen LogP contribution in [0, 0.1) is 24.7 Å². The van der Waals surface area contributed by atoms with Crippen molar-refractivity contribution < 1.29 is 9.59 Å². The number of fused-ring (bicyclic) bond motifs is 1. The van der Waals surface area contributed by atoms with Gasteiger partial charge < -0.3 is 10.6 Å². The van der Waals surface area contributed by atoms with Crippen LogP contribution in [0.1, 0.15) is 89.8 Å². The Bertz CT molecular complexity index is 1140. The maximum Gasteiger partial charge on any atom is 0.252 e. The summed E-state index contributed by atoms with van der Waals surface area (Å²) >= 11 is 7.46. The van der Waals surface area contributed by atoms with Crippen molar-refractivity contribution in [2.24, 2.45) is 17.8 Å². The number of nitrogens with one attached hydrogen (secondary N) is 2. The summed E-state index contributed by atoms with van der Waals surface area (Å²) in [6, 6.07) is 2.29. The number of Topliss-reactive ketones (excluding diaryl/α,β-unsaturated/α-hetero) is 1. The van der Waals surface area contributed by atoms with Crippen molar-refractivity contribution in [2.45, 2.75) is 84.6 Å². The van der Waals surface area contributed by atoms with Gasteiger partial charge in [0.15, 0.2) is 0 Å². The summed E-state index contributed by atoms with van der Waals surface area (Å²) in [6.07, 6.45) is 8.48. The minimum absolute atomic E-state index is 0.0191. The summed E-state index contributed by atoms with van der Waals surface area (Å²) in [5.41, 5.74) is 2.94. The first-order valence-electron chi connectivity index (χ1n) is 13.1. The van der Waals surface area contributed by atoms with E-state index in [2.05, 4.69) is 29.6 Å². The van der Waals surface area contributed by atoms with Gasteiger partial charge in [0.1, 0.15) is 11.6 Å². The number of carbonyl (C=O) groups excluding carboxylic acids is 2.